The highest BCUT2D eigenvalue weighted by atomic mass is 35.5. The summed E-state index contributed by atoms with van der Waals surface area (Å²) < 4.78 is 0.324. The van der Waals surface area contributed by atoms with Crippen molar-refractivity contribution in [2.45, 2.75) is 38.5 Å². The summed E-state index contributed by atoms with van der Waals surface area (Å²) in [5.74, 6) is 2.61. The van der Waals surface area contributed by atoms with E-state index in [-0.39, 0.29) is 5.91 Å². The molecule has 1 aromatic rings. The minimum Gasteiger partial charge on any atom is -0.349 e. The summed E-state index contributed by atoms with van der Waals surface area (Å²) in [6.45, 7) is 0.798. The average Bonchev–Trinajstić information content (AvgIpc) is 2.81. The smallest absolute Gasteiger partial charge is 0.282 e. The van der Waals surface area contributed by atoms with E-state index in [0.717, 1.165) is 35.6 Å². The van der Waals surface area contributed by atoms with Gasteiger partial charge in [-0.05, 0) is 73.3 Å². The second kappa shape index (κ2) is 4.67. The second-order valence-electron chi connectivity index (χ2n) is 6.96. The van der Waals surface area contributed by atoms with Crippen molar-refractivity contribution >= 4 is 28.8 Å². The number of nitrogens with zero attached hydrogens (tertiary/aromatic N) is 2. The Labute approximate surface area is 127 Å². The van der Waals surface area contributed by atoms with Crippen molar-refractivity contribution in [2.24, 2.45) is 23.2 Å². The van der Waals surface area contributed by atoms with Crippen LogP contribution in [0.5, 0.6) is 0 Å². The van der Waals surface area contributed by atoms with Gasteiger partial charge in [-0.1, -0.05) is 11.3 Å². The van der Waals surface area contributed by atoms with Crippen molar-refractivity contribution < 1.29 is 4.79 Å². The highest BCUT2D eigenvalue weighted by molar-refractivity contribution is 7.17. The summed E-state index contributed by atoms with van der Waals surface area (Å²) in [4.78, 5) is 12.1. The van der Waals surface area contributed by atoms with Crippen molar-refractivity contribution in [2.75, 3.05) is 6.54 Å². The van der Waals surface area contributed by atoms with Crippen LogP contribution in [0.25, 0.3) is 0 Å². The first kappa shape index (κ1) is 13.0. The number of carbonyl (C=O) groups excluding carboxylic acids is 1. The van der Waals surface area contributed by atoms with Crippen molar-refractivity contribution in [1.29, 1.82) is 0 Å². The number of carbonyl (C=O) groups is 1. The molecular formula is C14H18ClN3OS. The first-order chi connectivity index (χ1) is 9.62. The van der Waals surface area contributed by atoms with Gasteiger partial charge in [0.25, 0.3) is 5.91 Å². The van der Waals surface area contributed by atoms with Crippen LogP contribution in [0.15, 0.2) is 0 Å². The molecule has 4 aliphatic rings. The topological polar surface area (TPSA) is 54.9 Å². The molecule has 20 heavy (non-hydrogen) atoms. The van der Waals surface area contributed by atoms with Crippen LogP contribution in [0, 0.1) is 23.2 Å². The van der Waals surface area contributed by atoms with Crippen molar-refractivity contribution in [3.05, 3.63) is 9.47 Å². The molecule has 4 saturated carbocycles. The largest absolute Gasteiger partial charge is 0.349 e. The Balaban J connectivity index is 1.43. The zero-order valence-corrected chi connectivity index (χ0v) is 12.8. The molecule has 1 amide bonds. The predicted octanol–water partition coefficient (Wildman–Crippen LogP) is 3.14. The third-order valence-corrected chi connectivity index (χ3v) is 6.40. The number of halogens is 1. The fourth-order valence-corrected chi connectivity index (χ4v) is 5.89. The Kier molecular flexibility index (Phi) is 3.04. The molecule has 1 N–H and O–H groups in total. The standard InChI is InChI=1S/C14H18ClN3OS/c15-13-18-17-12(20-13)11(19)16-7-14-4-8-1-9(5-14)3-10(2-8)6-14/h8-10H,1-7H2,(H,16,19). The molecule has 1 aromatic heterocycles. The maximum atomic E-state index is 12.1. The second-order valence-corrected chi connectivity index (χ2v) is 8.52. The van der Waals surface area contributed by atoms with Gasteiger partial charge in [-0.2, -0.15) is 0 Å². The summed E-state index contributed by atoms with van der Waals surface area (Å²) >= 11 is 6.87. The lowest BCUT2D eigenvalue weighted by Gasteiger charge is -2.56. The zero-order valence-electron chi connectivity index (χ0n) is 11.3. The molecule has 0 aromatic carbocycles. The van der Waals surface area contributed by atoms with Gasteiger partial charge in [-0.25, -0.2) is 0 Å². The highest BCUT2D eigenvalue weighted by Gasteiger charge is 2.50. The van der Waals surface area contributed by atoms with Crippen LogP contribution >= 0.6 is 22.9 Å². The van der Waals surface area contributed by atoms with Crippen LogP contribution in [0.4, 0.5) is 0 Å². The van der Waals surface area contributed by atoms with Gasteiger partial charge in [-0.15, -0.1) is 10.2 Å². The van der Waals surface area contributed by atoms with Crippen molar-refractivity contribution in [3.8, 4) is 0 Å². The molecule has 4 nitrogen and oxygen atoms in total. The Morgan fingerprint density at radius 3 is 2.30 bits per heavy atom. The van der Waals surface area contributed by atoms with Gasteiger partial charge in [0.2, 0.25) is 9.47 Å². The van der Waals surface area contributed by atoms with Gasteiger partial charge in [0.15, 0.2) is 0 Å². The number of hydrogen-bond acceptors (Lipinski definition) is 4. The molecule has 1 heterocycles. The normalized spacial score (nSPS) is 38.1. The number of rotatable bonds is 3. The van der Waals surface area contributed by atoms with Gasteiger partial charge in [-0.3, -0.25) is 4.79 Å². The predicted molar refractivity (Wildman–Crippen MR) is 77.9 cm³/mol. The summed E-state index contributed by atoms with van der Waals surface area (Å²) in [6, 6.07) is 0. The van der Waals surface area contributed by atoms with E-state index in [1.54, 1.807) is 0 Å². The minimum atomic E-state index is -0.120. The number of hydrogen-bond donors (Lipinski definition) is 1. The van der Waals surface area contributed by atoms with Gasteiger partial charge in [0, 0.05) is 6.54 Å². The lowest BCUT2D eigenvalue weighted by atomic mass is 9.49. The summed E-state index contributed by atoms with van der Waals surface area (Å²) in [6.07, 6.45) is 8.19. The Morgan fingerprint density at radius 2 is 1.80 bits per heavy atom. The van der Waals surface area contributed by atoms with Crippen LogP contribution < -0.4 is 5.32 Å². The van der Waals surface area contributed by atoms with Gasteiger partial charge in [0.05, 0.1) is 0 Å². The minimum absolute atomic E-state index is 0.120. The van der Waals surface area contributed by atoms with Crippen LogP contribution in [0.3, 0.4) is 0 Å². The summed E-state index contributed by atoms with van der Waals surface area (Å²) in [7, 11) is 0. The Hall–Kier alpha value is -0.680. The van der Waals surface area contributed by atoms with Crippen LogP contribution in [0.2, 0.25) is 4.47 Å². The van der Waals surface area contributed by atoms with E-state index >= 15 is 0 Å². The van der Waals surface area contributed by atoms with Gasteiger partial charge >= 0.3 is 0 Å². The van der Waals surface area contributed by atoms with Gasteiger partial charge in [0.1, 0.15) is 0 Å². The fraction of sp³-hybridized carbons (Fsp3) is 0.786. The lowest BCUT2D eigenvalue weighted by molar-refractivity contribution is -0.0503. The van der Waals surface area contributed by atoms with Crippen molar-refractivity contribution in [1.82, 2.24) is 15.5 Å². The lowest BCUT2D eigenvalue weighted by Crippen LogP contribution is -2.51. The maximum absolute atomic E-state index is 12.1. The molecule has 0 saturated heterocycles. The first-order valence-corrected chi connectivity index (χ1v) is 8.59. The Morgan fingerprint density at radius 1 is 1.20 bits per heavy atom. The van der Waals surface area contributed by atoms with E-state index < -0.39 is 0 Å². The molecular weight excluding hydrogens is 294 g/mol. The average molecular weight is 312 g/mol. The fourth-order valence-electron chi connectivity index (χ4n) is 5.15. The van der Waals surface area contributed by atoms with Crippen LogP contribution in [-0.4, -0.2) is 22.6 Å². The molecule has 5 rings (SSSR count). The molecule has 0 radical (unpaired) electrons. The van der Waals surface area contributed by atoms with Gasteiger partial charge < -0.3 is 5.32 Å². The van der Waals surface area contributed by atoms with E-state index in [2.05, 4.69) is 15.5 Å². The van der Waals surface area contributed by atoms with Crippen LogP contribution in [0.1, 0.15) is 48.3 Å². The van der Waals surface area contributed by atoms with Crippen molar-refractivity contribution in [3.63, 3.8) is 0 Å². The van der Waals surface area contributed by atoms with Crippen LogP contribution in [-0.2, 0) is 0 Å². The number of aromatic nitrogens is 2. The molecule has 0 atom stereocenters. The molecule has 0 unspecified atom stereocenters. The van der Waals surface area contributed by atoms with E-state index in [1.165, 1.54) is 38.5 Å². The Bertz CT molecular complexity index is 509. The van der Waals surface area contributed by atoms with E-state index in [9.17, 15) is 4.79 Å². The van der Waals surface area contributed by atoms with E-state index in [4.69, 9.17) is 11.6 Å². The third-order valence-electron chi connectivity index (χ3n) is 5.38. The molecule has 4 aliphatic carbocycles. The molecule has 6 heteroatoms. The quantitative estimate of drug-likeness (QED) is 0.933. The highest BCUT2D eigenvalue weighted by Crippen LogP contribution is 2.59. The zero-order chi connectivity index (χ0) is 13.7. The third kappa shape index (κ3) is 2.25. The van der Waals surface area contributed by atoms with E-state index in [0.29, 0.717) is 14.9 Å². The SMILES string of the molecule is O=C(NCC12CC3CC(CC(C3)C1)C2)c1nnc(Cl)s1. The summed E-state index contributed by atoms with van der Waals surface area (Å²) in [5.41, 5.74) is 0.360. The number of amides is 1. The molecule has 4 fully saturated rings. The van der Waals surface area contributed by atoms with E-state index in [1.807, 2.05) is 0 Å². The monoisotopic (exact) mass is 311 g/mol. The molecule has 0 spiro atoms. The molecule has 4 bridgehead atoms. The molecule has 0 aliphatic heterocycles. The molecule has 108 valence electrons. The number of nitrogens with one attached hydrogen (secondary N) is 1. The maximum Gasteiger partial charge on any atom is 0.282 e. The summed E-state index contributed by atoms with van der Waals surface area (Å²) in [5, 5.41) is 10.9. The first-order valence-electron chi connectivity index (χ1n) is 7.39.